The van der Waals surface area contributed by atoms with Crippen LogP contribution >= 0.6 is 0 Å². The number of hydrogen-bond donors (Lipinski definition) is 0. The first-order valence-electron chi connectivity index (χ1n) is 8.31. The van der Waals surface area contributed by atoms with Crippen LogP contribution in [0.1, 0.15) is 17.0 Å². The van der Waals surface area contributed by atoms with Gasteiger partial charge in [0.25, 0.3) is 5.69 Å². The van der Waals surface area contributed by atoms with Crippen molar-refractivity contribution in [2.24, 2.45) is 0 Å². The van der Waals surface area contributed by atoms with E-state index >= 15 is 0 Å². The van der Waals surface area contributed by atoms with E-state index in [1.54, 1.807) is 12.1 Å². The summed E-state index contributed by atoms with van der Waals surface area (Å²) in [5.74, 6) is 0.0634. The summed E-state index contributed by atoms with van der Waals surface area (Å²) in [7, 11) is 0. The van der Waals surface area contributed by atoms with E-state index < -0.39 is 10.9 Å². The highest BCUT2D eigenvalue weighted by atomic mass is 16.7. The molecule has 9 nitrogen and oxygen atoms in total. The molecular formula is C19H14N2O7. The largest absolute Gasteiger partial charge is 0.467 e. The van der Waals surface area contributed by atoms with Crippen LogP contribution in [0.15, 0.2) is 46.9 Å². The van der Waals surface area contributed by atoms with Gasteiger partial charge in [-0.2, -0.15) is 0 Å². The first-order valence-corrected chi connectivity index (χ1v) is 8.31. The van der Waals surface area contributed by atoms with Crippen molar-refractivity contribution in [3.63, 3.8) is 0 Å². The molecule has 28 heavy (non-hydrogen) atoms. The zero-order chi connectivity index (χ0) is 19.5. The van der Waals surface area contributed by atoms with E-state index in [2.05, 4.69) is 4.98 Å². The Balaban J connectivity index is 1.47. The van der Waals surface area contributed by atoms with E-state index in [9.17, 15) is 14.9 Å². The van der Waals surface area contributed by atoms with Gasteiger partial charge in [0.1, 0.15) is 17.9 Å². The Morgan fingerprint density at radius 2 is 2.18 bits per heavy atom. The van der Waals surface area contributed by atoms with E-state index in [-0.39, 0.29) is 31.6 Å². The van der Waals surface area contributed by atoms with Crippen molar-refractivity contribution in [1.29, 1.82) is 0 Å². The van der Waals surface area contributed by atoms with Crippen LogP contribution < -0.4 is 4.74 Å². The zero-order valence-corrected chi connectivity index (χ0v) is 14.5. The van der Waals surface area contributed by atoms with Crippen molar-refractivity contribution < 1.29 is 28.3 Å². The van der Waals surface area contributed by atoms with Gasteiger partial charge in [-0.25, -0.2) is 9.78 Å². The molecule has 0 N–H and O–H groups in total. The Bertz CT molecular complexity index is 1050. The van der Waals surface area contributed by atoms with Gasteiger partial charge in [-0.3, -0.25) is 10.1 Å². The lowest BCUT2D eigenvalue weighted by atomic mass is 10.1. The van der Waals surface area contributed by atoms with Gasteiger partial charge >= 0.3 is 5.97 Å². The minimum Gasteiger partial charge on any atom is -0.467 e. The van der Waals surface area contributed by atoms with Crippen LogP contribution in [0.25, 0.3) is 17.2 Å². The van der Waals surface area contributed by atoms with Gasteiger partial charge in [-0.05, 0) is 12.1 Å². The molecule has 0 unspecified atom stereocenters. The number of ether oxygens (including phenoxy) is 3. The number of para-hydroxylation sites is 2. The predicted octanol–water partition coefficient (Wildman–Crippen LogP) is 3.36. The molecule has 3 aromatic rings. The number of nitro groups is 1. The van der Waals surface area contributed by atoms with E-state index in [4.69, 9.17) is 18.6 Å². The number of esters is 1. The minimum atomic E-state index is -0.644. The molecule has 4 rings (SSSR count). The molecule has 2 aromatic carbocycles. The van der Waals surface area contributed by atoms with Gasteiger partial charge in [0, 0.05) is 35.4 Å². The van der Waals surface area contributed by atoms with E-state index in [0.29, 0.717) is 28.0 Å². The predicted molar refractivity (Wildman–Crippen MR) is 96.2 cm³/mol. The number of hydrogen-bond acceptors (Lipinski definition) is 8. The Hall–Kier alpha value is -3.72. The maximum Gasteiger partial charge on any atom is 0.331 e. The van der Waals surface area contributed by atoms with Crippen LogP contribution in [-0.4, -0.2) is 22.7 Å². The van der Waals surface area contributed by atoms with Crippen molar-refractivity contribution in [2.45, 2.75) is 13.2 Å². The number of rotatable bonds is 5. The van der Waals surface area contributed by atoms with Crippen LogP contribution in [-0.2, 0) is 27.5 Å². The Kier molecular flexibility index (Phi) is 4.73. The molecule has 0 radical (unpaired) electrons. The number of carbonyl (C=O) groups is 1. The van der Waals surface area contributed by atoms with Gasteiger partial charge in [0.15, 0.2) is 12.4 Å². The lowest BCUT2D eigenvalue weighted by Gasteiger charge is -2.20. The third-order valence-electron chi connectivity index (χ3n) is 4.02. The highest BCUT2D eigenvalue weighted by Crippen LogP contribution is 2.33. The molecule has 0 amide bonds. The topological polar surface area (TPSA) is 114 Å². The molecule has 0 saturated carbocycles. The average Bonchev–Trinajstić information content (AvgIpc) is 3.13. The van der Waals surface area contributed by atoms with Gasteiger partial charge in [-0.1, -0.05) is 12.1 Å². The van der Waals surface area contributed by atoms with Gasteiger partial charge in [-0.15, -0.1) is 0 Å². The molecule has 0 spiro atoms. The molecule has 142 valence electrons. The first kappa shape index (κ1) is 17.7. The Morgan fingerprint density at radius 3 is 3.00 bits per heavy atom. The maximum absolute atomic E-state index is 12.0. The summed E-state index contributed by atoms with van der Waals surface area (Å²) in [6.45, 7) is 0.0414. The van der Waals surface area contributed by atoms with Crippen molar-refractivity contribution in [2.75, 3.05) is 6.79 Å². The maximum atomic E-state index is 12.0. The third kappa shape index (κ3) is 3.69. The summed E-state index contributed by atoms with van der Waals surface area (Å²) in [6.07, 6.45) is 2.58. The smallest absolute Gasteiger partial charge is 0.331 e. The summed E-state index contributed by atoms with van der Waals surface area (Å²) >= 11 is 0. The number of oxazole rings is 1. The van der Waals surface area contributed by atoms with Gasteiger partial charge < -0.3 is 18.6 Å². The second-order valence-corrected chi connectivity index (χ2v) is 5.92. The van der Waals surface area contributed by atoms with E-state index in [1.165, 1.54) is 24.3 Å². The molecule has 1 aromatic heterocycles. The lowest BCUT2D eigenvalue weighted by molar-refractivity contribution is -0.385. The number of nitro benzene ring substituents is 1. The van der Waals surface area contributed by atoms with E-state index in [1.807, 2.05) is 12.1 Å². The molecule has 0 bridgehead atoms. The monoisotopic (exact) mass is 382 g/mol. The fourth-order valence-electron chi connectivity index (χ4n) is 2.79. The van der Waals surface area contributed by atoms with Crippen molar-refractivity contribution in [1.82, 2.24) is 4.98 Å². The Labute approximate surface area is 158 Å². The highest BCUT2D eigenvalue weighted by molar-refractivity contribution is 5.87. The number of carbonyl (C=O) groups excluding carboxylic acids is 1. The summed E-state index contributed by atoms with van der Waals surface area (Å²) < 4.78 is 21.2. The fraction of sp³-hybridized carbons (Fsp3) is 0.158. The first-order chi connectivity index (χ1) is 13.6. The average molecular weight is 382 g/mol. The van der Waals surface area contributed by atoms with Crippen molar-refractivity contribution in [3.05, 3.63) is 69.6 Å². The molecule has 0 aliphatic carbocycles. The molecule has 0 fully saturated rings. The van der Waals surface area contributed by atoms with Gasteiger partial charge in [0.05, 0.1) is 11.5 Å². The van der Waals surface area contributed by atoms with Crippen LogP contribution in [0.3, 0.4) is 0 Å². The molecule has 2 heterocycles. The second-order valence-electron chi connectivity index (χ2n) is 5.92. The van der Waals surface area contributed by atoms with E-state index in [0.717, 1.165) is 0 Å². The van der Waals surface area contributed by atoms with Crippen LogP contribution in [0.5, 0.6) is 5.75 Å². The fourth-order valence-corrected chi connectivity index (χ4v) is 2.79. The molecule has 9 heteroatoms. The van der Waals surface area contributed by atoms with Crippen LogP contribution in [0, 0.1) is 10.1 Å². The summed E-state index contributed by atoms with van der Waals surface area (Å²) in [6, 6.07) is 9.92. The third-order valence-corrected chi connectivity index (χ3v) is 4.02. The molecular weight excluding hydrogens is 368 g/mol. The van der Waals surface area contributed by atoms with Crippen LogP contribution in [0.4, 0.5) is 5.69 Å². The standard InChI is InChI=1S/C19H14N2O7/c22-18(6-5-17-20-15-3-1-2-4-16(15)28-17)26-10-13-8-14(21(23)24)7-12-9-25-11-27-19(12)13/h1-8H,9-11H2/b6-5+. The quantitative estimate of drug-likeness (QED) is 0.286. The normalized spacial score (nSPS) is 13.3. The minimum absolute atomic E-state index is 0.0311. The SMILES string of the molecule is O=C(/C=C/c1nc2ccccc2o1)OCc1cc([N+](=O)[O-])cc2c1OCOC2. The van der Waals surface area contributed by atoms with Crippen molar-refractivity contribution in [3.8, 4) is 5.75 Å². The van der Waals surface area contributed by atoms with Crippen molar-refractivity contribution >= 4 is 28.8 Å². The number of aromatic nitrogens is 1. The zero-order valence-electron chi connectivity index (χ0n) is 14.5. The summed E-state index contributed by atoms with van der Waals surface area (Å²) in [4.78, 5) is 26.8. The Morgan fingerprint density at radius 1 is 1.32 bits per heavy atom. The van der Waals surface area contributed by atoms with Crippen LogP contribution in [0.2, 0.25) is 0 Å². The number of nitrogens with zero attached hydrogens (tertiary/aromatic N) is 2. The summed E-state index contributed by atoms with van der Waals surface area (Å²) in [5, 5.41) is 11.1. The molecule has 1 aliphatic heterocycles. The molecule has 0 atom stereocenters. The highest BCUT2D eigenvalue weighted by Gasteiger charge is 2.21. The summed E-state index contributed by atoms with van der Waals surface area (Å²) in [5.41, 5.74) is 2.10. The lowest BCUT2D eigenvalue weighted by Crippen LogP contribution is -2.14. The second kappa shape index (κ2) is 7.49. The molecule has 1 aliphatic rings. The van der Waals surface area contributed by atoms with Gasteiger partial charge in [0.2, 0.25) is 5.89 Å². The number of fused-ring (bicyclic) bond motifs is 2. The molecule has 0 saturated heterocycles. The number of non-ortho nitro benzene ring substituents is 1. The number of benzene rings is 2.